The van der Waals surface area contributed by atoms with Gasteiger partial charge in [0.1, 0.15) is 12.3 Å². The normalized spacial score (nSPS) is 23.8. The van der Waals surface area contributed by atoms with Crippen LogP contribution in [0.15, 0.2) is 23.1 Å². The molecule has 1 fully saturated rings. The molecule has 2 atom stereocenters. The van der Waals surface area contributed by atoms with Gasteiger partial charge in [-0.1, -0.05) is 0 Å². The first-order chi connectivity index (χ1) is 9.40. The maximum Gasteiger partial charge on any atom is 0.243 e. The summed E-state index contributed by atoms with van der Waals surface area (Å²) in [7, 11) is -1.03. The molecule has 1 N–H and O–H groups in total. The Morgan fingerprint density at radius 2 is 1.90 bits per heavy atom. The molecule has 1 aromatic carbocycles. The summed E-state index contributed by atoms with van der Waals surface area (Å²) in [5, 5.41) is 9.34. The highest BCUT2D eigenvalue weighted by molar-refractivity contribution is 7.89. The molecule has 6 nitrogen and oxygen atoms in total. The second-order valence-corrected chi connectivity index (χ2v) is 6.36. The van der Waals surface area contributed by atoms with Crippen molar-refractivity contribution in [1.82, 2.24) is 4.31 Å². The summed E-state index contributed by atoms with van der Waals surface area (Å²) in [6.45, 7) is -0.601. The summed E-state index contributed by atoms with van der Waals surface area (Å²) in [5.74, 6) is 0.668. The highest BCUT2D eigenvalue weighted by atomic mass is 32.2. The molecule has 1 heterocycles. The molecule has 0 spiro atoms. The van der Waals surface area contributed by atoms with Crippen LogP contribution in [0.4, 0.5) is 4.39 Å². The van der Waals surface area contributed by atoms with Crippen LogP contribution in [-0.2, 0) is 10.0 Å². The van der Waals surface area contributed by atoms with E-state index in [2.05, 4.69) is 0 Å². The first-order valence-corrected chi connectivity index (χ1v) is 7.38. The molecular formula is C12H16FNO5S. The van der Waals surface area contributed by atoms with Gasteiger partial charge in [-0.3, -0.25) is 0 Å². The molecule has 0 bridgehead atoms. The van der Waals surface area contributed by atoms with Gasteiger partial charge in [0.25, 0.3) is 0 Å². The lowest BCUT2D eigenvalue weighted by molar-refractivity contribution is 0.117. The lowest BCUT2D eigenvalue weighted by Crippen LogP contribution is -2.29. The maximum absolute atomic E-state index is 13.3. The molecule has 0 saturated carbocycles. The van der Waals surface area contributed by atoms with Crippen LogP contribution in [0.1, 0.15) is 0 Å². The number of rotatable bonds is 4. The Balaban J connectivity index is 2.35. The molecule has 1 aliphatic rings. The number of aliphatic hydroxyl groups is 1. The lowest BCUT2D eigenvalue weighted by Gasteiger charge is -2.16. The predicted octanol–water partition coefficient (Wildman–Crippen LogP) is 0.407. The fourth-order valence-corrected chi connectivity index (χ4v) is 3.52. The zero-order chi connectivity index (χ0) is 14.9. The number of hydrogen-bond donors (Lipinski definition) is 1. The number of benzene rings is 1. The molecule has 0 amide bonds. The van der Waals surface area contributed by atoms with Gasteiger partial charge in [0.15, 0.2) is 11.5 Å². The third kappa shape index (κ3) is 2.58. The van der Waals surface area contributed by atoms with E-state index in [1.807, 2.05) is 0 Å². The predicted molar refractivity (Wildman–Crippen MR) is 69.2 cm³/mol. The van der Waals surface area contributed by atoms with Crippen LogP contribution in [0.2, 0.25) is 0 Å². The zero-order valence-corrected chi connectivity index (χ0v) is 11.9. The van der Waals surface area contributed by atoms with Crippen LogP contribution in [0.3, 0.4) is 0 Å². The summed E-state index contributed by atoms with van der Waals surface area (Å²) in [6, 6.07) is 4.13. The van der Waals surface area contributed by atoms with E-state index in [4.69, 9.17) is 9.47 Å². The SMILES string of the molecule is COc1ccc(S(=O)(=O)N2C[C@@H](O)[C@H](F)C2)cc1OC. The minimum absolute atomic E-state index is 0.0311. The minimum Gasteiger partial charge on any atom is -0.493 e. The first-order valence-electron chi connectivity index (χ1n) is 5.94. The van der Waals surface area contributed by atoms with E-state index in [9.17, 15) is 17.9 Å². The van der Waals surface area contributed by atoms with Crippen molar-refractivity contribution in [2.24, 2.45) is 0 Å². The number of alkyl halides is 1. The number of aliphatic hydroxyl groups excluding tert-OH is 1. The van der Waals surface area contributed by atoms with E-state index < -0.39 is 22.3 Å². The Morgan fingerprint density at radius 3 is 2.40 bits per heavy atom. The molecule has 0 unspecified atom stereocenters. The molecule has 0 aromatic heterocycles. The summed E-state index contributed by atoms with van der Waals surface area (Å²) in [6.07, 6.45) is -2.85. The summed E-state index contributed by atoms with van der Waals surface area (Å²) < 4.78 is 49.0. The van der Waals surface area contributed by atoms with Gasteiger partial charge in [0.05, 0.1) is 19.1 Å². The number of sulfonamides is 1. The van der Waals surface area contributed by atoms with E-state index in [0.717, 1.165) is 4.31 Å². The molecule has 1 saturated heterocycles. The lowest BCUT2D eigenvalue weighted by atomic mass is 10.3. The Hall–Kier alpha value is -1.38. The van der Waals surface area contributed by atoms with Crippen LogP contribution < -0.4 is 9.47 Å². The van der Waals surface area contributed by atoms with Gasteiger partial charge in [-0.15, -0.1) is 0 Å². The van der Waals surface area contributed by atoms with Crippen LogP contribution in [-0.4, -0.2) is 57.4 Å². The van der Waals surface area contributed by atoms with E-state index in [1.54, 1.807) is 0 Å². The Morgan fingerprint density at radius 1 is 1.25 bits per heavy atom. The monoisotopic (exact) mass is 305 g/mol. The standard InChI is InChI=1S/C12H16FNO5S/c1-18-11-4-3-8(5-12(11)19-2)20(16,17)14-6-9(13)10(15)7-14/h3-5,9-10,15H,6-7H2,1-2H3/t9-,10-/m1/s1. The second kappa shape index (κ2) is 5.55. The molecular weight excluding hydrogens is 289 g/mol. The topological polar surface area (TPSA) is 76.1 Å². The van der Waals surface area contributed by atoms with Crippen molar-refractivity contribution in [3.05, 3.63) is 18.2 Å². The van der Waals surface area contributed by atoms with E-state index in [0.29, 0.717) is 5.75 Å². The van der Waals surface area contributed by atoms with Crippen molar-refractivity contribution in [2.45, 2.75) is 17.2 Å². The summed E-state index contributed by atoms with van der Waals surface area (Å²) in [4.78, 5) is -0.0311. The van der Waals surface area contributed by atoms with E-state index in [1.165, 1.54) is 32.4 Å². The third-order valence-electron chi connectivity index (χ3n) is 3.18. The molecule has 8 heteroatoms. The van der Waals surface area contributed by atoms with Gasteiger partial charge >= 0.3 is 0 Å². The Bertz CT molecular complexity index is 582. The largest absolute Gasteiger partial charge is 0.493 e. The second-order valence-electron chi connectivity index (χ2n) is 4.42. The molecule has 1 aromatic rings. The van der Waals surface area contributed by atoms with Crippen LogP contribution in [0, 0.1) is 0 Å². The first kappa shape index (κ1) is 15.0. The highest BCUT2D eigenvalue weighted by Crippen LogP contribution is 2.31. The fourth-order valence-electron chi connectivity index (χ4n) is 2.04. The van der Waals surface area contributed by atoms with E-state index in [-0.39, 0.29) is 23.7 Å². The van der Waals surface area contributed by atoms with Crippen LogP contribution in [0.5, 0.6) is 11.5 Å². The van der Waals surface area contributed by atoms with Crippen molar-refractivity contribution >= 4 is 10.0 Å². The highest BCUT2D eigenvalue weighted by Gasteiger charge is 2.38. The van der Waals surface area contributed by atoms with Crippen LogP contribution in [0.25, 0.3) is 0 Å². The quantitative estimate of drug-likeness (QED) is 0.872. The van der Waals surface area contributed by atoms with Gasteiger partial charge in [0, 0.05) is 19.2 Å². The van der Waals surface area contributed by atoms with Crippen LogP contribution >= 0.6 is 0 Å². The summed E-state index contributed by atoms with van der Waals surface area (Å²) in [5.41, 5.74) is 0. The maximum atomic E-state index is 13.3. The molecule has 20 heavy (non-hydrogen) atoms. The summed E-state index contributed by atoms with van der Waals surface area (Å²) >= 11 is 0. The number of hydrogen-bond acceptors (Lipinski definition) is 5. The molecule has 2 rings (SSSR count). The average Bonchev–Trinajstić information content (AvgIpc) is 2.78. The third-order valence-corrected chi connectivity index (χ3v) is 5.01. The number of methoxy groups -OCH3 is 2. The van der Waals surface area contributed by atoms with Gasteiger partial charge in [0.2, 0.25) is 10.0 Å². The van der Waals surface area contributed by atoms with Crippen molar-refractivity contribution in [3.8, 4) is 11.5 Å². The molecule has 0 aliphatic carbocycles. The van der Waals surface area contributed by atoms with Gasteiger partial charge in [-0.25, -0.2) is 12.8 Å². The van der Waals surface area contributed by atoms with Crippen molar-refractivity contribution < 1.29 is 27.4 Å². The molecule has 1 aliphatic heterocycles. The van der Waals surface area contributed by atoms with Gasteiger partial charge in [-0.2, -0.15) is 4.31 Å². The van der Waals surface area contributed by atoms with E-state index >= 15 is 0 Å². The van der Waals surface area contributed by atoms with Gasteiger partial charge in [-0.05, 0) is 12.1 Å². The number of nitrogens with zero attached hydrogens (tertiary/aromatic N) is 1. The Kier molecular flexibility index (Phi) is 4.17. The minimum atomic E-state index is -3.86. The average molecular weight is 305 g/mol. The zero-order valence-electron chi connectivity index (χ0n) is 11.1. The molecule has 0 radical (unpaired) electrons. The van der Waals surface area contributed by atoms with Crippen molar-refractivity contribution in [1.29, 1.82) is 0 Å². The Labute approximate surface area is 116 Å². The smallest absolute Gasteiger partial charge is 0.243 e. The molecule has 112 valence electrons. The number of halogens is 1. The van der Waals surface area contributed by atoms with Crippen molar-refractivity contribution in [2.75, 3.05) is 27.3 Å². The number of ether oxygens (including phenoxy) is 2. The fraction of sp³-hybridized carbons (Fsp3) is 0.500. The van der Waals surface area contributed by atoms with Crippen molar-refractivity contribution in [3.63, 3.8) is 0 Å². The number of β-amino-alcohol motifs (C(OH)–C–C–N with tert-alkyl or cyclic N) is 1. The van der Waals surface area contributed by atoms with Gasteiger partial charge < -0.3 is 14.6 Å².